The largest absolute Gasteiger partial charge is 0.493 e. The summed E-state index contributed by atoms with van der Waals surface area (Å²) in [5.41, 5.74) is 7.10. The number of nitrogens with two attached hydrogens (primary N) is 1. The van der Waals surface area contributed by atoms with Crippen LogP contribution in [0, 0.1) is 13.8 Å². The molecule has 0 heterocycles. The van der Waals surface area contributed by atoms with Gasteiger partial charge in [-0.2, -0.15) is 0 Å². The summed E-state index contributed by atoms with van der Waals surface area (Å²) in [5, 5.41) is 3.15. The van der Waals surface area contributed by atoms with Gasteiger partial charge in [0.25, 0.3) is 0 Å². The highest BCUT2D eigenvalue weighted by Gasteiger charge is 2.29. The van der Waals surface area contributed by atoms with E-state index in [1.807, 2.05) is 33.8 Å². The molecule has 1 aromatic carbocycles. The Morgan fingerprint density at radius 3 is 2.70 bits per heavy atom. The summed E-state index contributed by atoms with van der Waals surface area (Å²) in [4.78, 5) is 11.5. The summed E-state index contributed by atoms with van der Waals surface area (Å²) >= 11 is 0. The molecule has 20 heavy (non-hydrogen) atoms. The van der Waals surface area contributed by atoms with Gasteiger partial charge in [0.15, 0.2) is 0 Å². The van der Waals surface area contributed by atoms with Crippen molar-refractivity contribution in [3.05, 3.63) is 29.3 Å². The van der Waals surface area contributed by atoms with Gasteiger partial charge < -0.3 is 15.8 Å². The first-order valence-electron chi connectivity index (χ1n) is 7.14. The number of carbonyl (C=O) groups excluding carboxylic acids is 1. The van der Waals surface area contributed by atoms with Gasteiger partial charge in [-0.1, -0.05) is 19.1 Å². The van der Waals surface area contributed by atoms with Crippen LogP contribution in [0.2, 0.25) is 0 Å². The number of rotatable bonds is 8. The average molecular weight is 278 g/mol. The Bertz CT molecular complexity index is 460. The summed E-state index contributed by atoms with van der Waals surface area (Å²) in [6, 6.07) is 6.15. The van der Waals surface area contributed by atoms with Crippen LogP contribution in [0.25, 0.3) is 0 Å². The van der Waals surface area contributed by atoms with E-state index in [1.165, 1.54) is 5.56 Å². The van der Waals surface area contributed by atoms with Gasteiger partial charge in [-0.05, 0) is 57.4 Å². The fourth-order valence-corrected chi connectivity index (χ4v) is 2.16. The molecule has 1 amide bonds. The SMILES string of the molecule is CCNC(C)(CCCOc1cc(C)ccc1C)C(N)=O. The average Bonchev–Trinajstić information content (AvgIpc) is 2.38. The topological polar surface area (TPSA) is 64.3 Å². The molecule has 0 aliphatic carbocycles. The molecule has 1 aromatic rings. The van der Waals surface area contributed by atoms with E-state index in [1.54, 1.807) is 0 Å². The van der Waals surface area contributed by atoms with Crippen molar-refractivity contribution < 1.29 is 9.53 Å². The Kier molecular flexibility index (Phi) is 6.02. The van der Waals surface area contributed by atoms with Crippen molar-refractivity contribution in [2.24, 2.45) is 5.73 Å². The van der Waals surface area contributed by atoms with Crippen molar-refractivity contribution >= 4 is 5.91 Å². The zero-order chi connectivity index (χ0) is 15.2. The molecule has 1 rings (SSSR count). The molecule has 0 spiro atoms. The highest BCUT2D eigenvalue weighted by molar-refractivity contribution is 5.84. The molecule has 0 saturated carbocycles. The van der Waals surface area contributed by atoms with Gasteiger partial charge in [0.05, 0.1) is 12.1 Å². The molecule has 0 fully saturated rings. The minimum Gasteiger partial charge on any atom is -0.493 e. The lowest BCUT2D eigenvalue weighted by Gasteiger charge is -2.27. The van der Waals surface area contributed by atoms with Gasteiger partial charge in [0.1, 0.15) is 5.75 Å². The number of aryl methyl sites for hydroxylation is 2. The number of hydrogen-bond donors (Lipinski definition) is 2. The second-order valence-corrected chi connectivity index (χ2v) is 5.45. The fraction of sp³-hybridized carbons (Fsp3) is 0.562. The number of likely N-dealkylation sites (N-methyl/N-ethyl adjacent to an activating group) is 1. The third-order valence-electron chi connectivity index (χ3n) is 3.53. The minimum absolute atomic E-state index is 0.314. The standard InChI is InChI=1S/C16H26N2O2/c1-5-18-16(4,15(17)19)9-6-10-20-14-11-12(2)7-8-13(14)3/h7-8,11,18H,5-6,9-10H2,1-4H3,(H2,17,19). The first-order valence-corrected chi connectivity index (χ1v) is 7.14. The summed E-state index contributed by atoms with van der Waals surface area (Å²) in [6.07, 6.45) is 1.45. The van der Waals surface area contributed by atoms with E-state index in [-0.39, 0.29) is 5.91 Å². The van der Waals surface area contributed by atoms with Crippen LogP contribution < -0.4 is 15.8 Å². The normalized spacial score (nSPS) is 13.8. The summed E-state index contributed by atoms with van der Waals surface area (Å²) in [5.74, 6) is 0.598. The van der Waals surface area contributed by atoms with Gasteiger partial charge in [-0.3, -0.25) is 4.79 Å². The smallest absolute Gasteiger partial charge is 0.237 e. The molecule has 0 bridgehead atoms. The molecule has 112 valence electrons. The number of primary amides is 1. The van der Waals surface area contributed by atoms with Gasteiger partial charge >= 0.3 is 0 Å². The number of benzene rings is 1. The lowest BCUT2D eigenvalue weighted by Crippen LogP contribution is -2.53. The molecule has 4 heteroatoms. The van der Waals surface area contributed by atoms with Crippen LogP contribution in [0.15, 0.2) is 18.2 Å². The van der Waals surface area contributed by atoms with Crippen molar-refractivity contribution in [2.75, 3.05) is 13.2 Å². The number of amides is 1. The molecular weight excluding hydrogens is 252 g/mol. The molecule has 0 aromatic heterocycles. The molecule has 4 nitrogen and oxygen atoms in total. The Morgan fingerprint density at radius 1 is 1.40 bits per heavy atom. The maximum Gasteiger partial charge on any atom is 0.237 e. The number of carbonyl (C=O) groups is 1. The van der Waals surface area contributed by atoms with Crippen LogP contribution in [0.4, 0.5) is 0 Å². The van der Waals surface area contributed by atoms with E-state index in [4.69, 9.17) is 10.5 Å². The first-order chi connectivity index (χ1) is 9.39. The molecule has 0 aliphatic rings. The minimum atomic E-state index is -0.653. The predicted molar refractivity (Wildman–Crippen MR) is 81.9 cm³/mol. The van der Waals surface area contributed by atoms with Gasteiger partial charge in [0, 0.05) is 0 Å². The van der Waals surface area contributed by atoms with E-state index in [9.17, 15) is 4.79 Å². The van der Waals surface area contributed by atoms with Crippen molar-refractivity contribution in [2.45, 2.75) is 46.1 Å². The lowest BCUT2D eigenvalue weighted by molar-refractivity contribution is -0.124. The molecule has 1 atom stereocenters. The number of ether oxygens (including phenoxy) is 1. The first kappa shape index (κ1) is 16.5. The molecule has 0 saturated heterocycles. The van der Waals surface area contributed by atoms with E-state index >= 15 is 0 Å². The number of hydrogen-bond acceptors (Lipinski definition) is 3. The van der Waals surface area contributed by atoms with Crippen LogP contribution in [-0.2, 0) is 4.79 Å². The molecule has 1 unspecified atom stereocenters. The maximum atomic E-state index is 11.5. The van der Waals surface area contributed by atoms with E-state index < -0.39 is 5.54 Å². The zero-order valence-corrected chi connectivity index (χ0v) is 13.0. The predicted octanol–water partition coefficient (Wildman–Crippen LogP) is 2.32. The molecular formula is C16H26N2O2. The Hall–Kier alpha value is -1.55. The highest BCUT2D eigenvalue weighted by atomic mass is 16.5. The quantitative estimate of drug-likeness (QED) is 0.717. The summed E-state index contributed by atoms with van der Waals surface area (Å²) in [7, 11) is 0. The Balaban J connectivity index is 2.48. The van der Waals surface area contributed by atoms with Crippen LogP contribution >= 0.6 is 0 Å². The third kappa shape index (κ3) is 4.53. The van der Waals surface area contributed by atoms with Crippen molar-refractivity contribution in [1.29, 1.82) is 0 Å². The van der Waals surface area contributed by atoms with Crippen molar-refractivity contribution in [3.63, 3.8) is 0 Å². The Morgan fingerprint density at radius 2 is 2.10 bits per heavy atom. The summed E-state index contributed by atoms with van der Waals surface area (Å²) in [6.45, 7) is 9.18. The van der Waals surface area contributed by atoms with Gasteiger partial charge in [-0.25, -0.2) is 0 Å². The van der Waals surface area contributed by atoms with Crippen LogP contribution in [-0.4, -0.2) is 24.6 Å². The number of nitrogens with one attached hydrogen (secondary N) is 1. The third-order valence-corrected chi connectivity index (χ3v) is 3.53. The van der Waals surface area contributed by atoms with Crippen molar-refractivity contribution in [1.82, 2.24) is 5.32 Å². The maximum absolute atomic E-state index is 11.5. The molecule has 0 radical (unpaired) electrons. The zero-order valence-electron chi connectivity index (χ0n) is 13.0. The van der Waals surface area contributed by atoms with Crippen molar-refractivity contribution in [3.8, 4) is 5.75 Å². The molecule has 0 aliphatic heterocycles. The van der Waals surface area contributed by atoms with Crippen LogP contribution in [0.3, 0.4) is 0 Å². The monoisotopic (exact) mass is 278 g/mol. The van der Waals surface area contributed by atoms with Crippen LogP contribution in [0.5, 0.6) is 5.75 Å². The van der Waals surface area contributed by atoms with E-state index in [0.717, 1.165) is 24.3 Å². The summed E-state index contributed by atoms with van der Waals surface area (Å²) < 4.78 is 5.79. The molecule has 3 N–H and O–H groups in total. The lowest BCUT2D eigenvalue weighted by atomic mass is 9.95. The highest BCUT2D eigenvalue weighted by Crippen LogP contribution is 2.20. The van der Waals surface area contributed by atoms with Gasteiger partial charge in [-0.15, -0.1) is 0 Å². The van der Waals surface area contributed by atoms with Gasteiger partial charge in [0.2, 0.25) is 5.91 Å². The second kappa shape index (κ2) is 7.29. The van der Waals surface area contributed by atoms with E-state index in [0.29, 0.717) is 13.0 Å². The fourth-order valence-electron chi connectivity index (χ4n) is 2.16. The Labute approximate surface area is 121 Å². The van der Waals surface area contributed by atoms with Crippen LogP contribution in [0.1, 0.15) is 37.8 Å². The van der Waals surface area contributed by atoms with E-state index in [2.05, 4.69) is 17.4 Å². The second-order valence-electron chi connectivity index (χ2n) is 5.45.